The van der Waals surface area contributed by atoms with E-state index >= 15 is 0 Å². The maximum atomic E-state index is 8.99. The van der Waals surface area contributed by atoms with Crippen LogP contribution in [0.1, 0.15) is 11.4 Å². The van der Waals surface area contributed by atoms with E-state index in [-0.39, 0.29) is 5.82 Å². The largest absolute Gasteiger partial charge is 0.360 e. The number of hydrogen-bond donors (Lipinski definition) is 2. The first-order valence-corrected chi connectivity index (χ1v) is 6.15. The predicted octanol–water partition coefficient (Wildman–Crippen LogP) is 2.09. The molecule has 0 saturated heterocycles. The molecule has 18 heavy (non-hydrogen) atoms. The van der Waals surface area contributed by atoms with Crippen LogP contribution in [-0.2, 0) is 0 Å². The molecule has 1 aromatic carbocycles. The van der Waals surface area contributed by atoms with E-state index in [2.05, 4.69) is 48.5 Å². The molecule has 0 bridgehead atoms. The Morgan fingerprint density at radius 1 is 1.56 bits per heavy atom. The molecule has 2 rings (SSSR count). The molecule has 0 unspecified atom stereocenters. The highest BCUT2D eigenvalue weighted by Crippen LogP contribution is 2.17. The summed E-state index contributed by atoms with van der Waals surface area (Å²) in [4.78, 5) is 0. The van der Waals surface area contributed by atoms with Gasteiger partial charge >= 0.3 is 0 Å². The average molecular weight is 352 g/mol. The molecule has 7 heteroatoms. The summed E-state index contributed by atoms with van der Waals surface area (Å²) < 4.78 is 1.16. The van der Waals surface area contributed by atoms with Gasteiger partial charge in [0.25, 0.3) is 0 Å². The maximum Gasteiger partial charge on any atom is 0.216 e. The summed E-state index contributed by atoms with van der Waals surface area (Å²) >= 11 is 2.26. The first-order valence-electron chi connectivity index (χ1n) is 5.07. The van der Waals surface area contributed by atoms with E-state index in [0.29, 0.717) is 5.57 Å². The molecule has 1 aromatic heterocycles. The van der Waals surface area contributed by atoms with Crippen LogP contribution in [0.25, 0.3) is 5.57 Å². The SMILES string of the molecule is Cc1ccc(NC=C(C#N)c2nn[nH]n2)cc1I. The van der Waals surface area contributed by atoms with Gasteiger partial charge in [-0.1, -0.05) is 6.07 Å². The lowest BCUT2D eigenvalue weighted by atomic mass is 10.2. The van der Waals surface area contributed by atoms with Crippen LogP contribution < -0.4 is 5.32 Å². The average Bonchev–Trinajstić information content (AvgIpc) is 2.88. The molecule has 0 aliphatic heterocycles. The molecule has 2 aromatic rings. The summed E-state index contributed by atoms with van der Waals surface area (Å²) in [6.45, 7) is 2.04. The zero-order chi connectivity index (χ0) is 13.0. The van der Waals surface area contributed by atoms with Gasteiger partial charge in [-0.2, -0.15) is 10.5 Å². The number of anilines is 1. The highest BCUT2D eigenvalue weighted by molar-refractivity contribution is 14.1. The zero-order valence-electron chi connectivity index (χ0n) is 9.48. The quantitative estimate of drug-likeness (QED) is 0.652. The maximum absolute atomic E-state index is 8.99. The van der Waals surface area contributed by atoms with Crippen LogP contribution in [0.2, 0.25) is 0 Å². The highest BCUT2D eigenvalue weighted by atomic mass is 127. The molecule has 1 heterocycles. The summed E-state index contributed by atoms with van der Waals surface area (Å²) in [6, 6.07) is 7.97. The zero-order valence-corrected chi connectivity index (χ0v) is 11.6. The first kappa shape index (κ1) is 12.5. The number of H-pyrrole nitrogens is 1. The smallest absolute Gasteiger partial charge is 0.216 e. The molecule has 0 fully saturated rings. The van der Waals surface area contributed by atoms with Crippen LogP contribution >= 0.6 is 22.6 Å². The van der Waals surface area contributed by atoms with E-state index in [1.807, 2.05) is 31.2 Å². The van der Waals surface area contributed by atoms with Crippen molar-refractivity contribution in [1.82, 2.24) is 20.6 Å². The third-order valence-electron chi connectivity index (χ3n) is 2.26. The molecule has 2 N–H and O–H groups in total. The third-order valence-corrected chi connectivity index (χ3v) is 3.42. The summed E-state index contributed by atoms with van der Waals surface area (Å²) in [7, 11) is 0. The number of nitrogens with zero attached hydrogens (tertiary/aromatic N) is 4. The van der Waals surface area contributed by atoms with Gasteiger partial charge in [-0.15, -0.1) is 10.2 Å². The van der Waals surface area contributed by atoms with Gasteiger partial charge in [0.05, 0.1) is 0 Å². The van der Waals surface area contributed by atoms with Crippen LogP contribution in [0.5, 0.6) is 0 Å². The van der Waals surface area contributed by atoms with E-state index in [0.717, 1.165) is 9.26 Å². The van der Waals surface area contributed by atoms with Gasteiger partial charge in [0.2, 0.25) is 5.82 Å². The molecule has 0 aliphatic rings. The van der Waals surface area contributed by atoms with Gasteiger partial charge < -0.3 is 5.32 Å². The lowest BCUT2D eigenvalue weighted by molar-refractivity contribution is 0.881. The van der Waals surface area contributed by atoms with E-state index < -0.39 is 0 Å². The first-order chi connectivity index (χ1) is 8.70. The van der Waals surface area contributed by atoms with Crippen molar-refractivity contribution in [3.63, 3.8) is 0 Å². The monoisotopic (exact) mass is 352 g/mol. The van der Waals surface area contributed by atoms with Gasteiger partial charge in [0, 0.05) is 15.5 Å². The van der Waals surface area contributed by atoms with E-state index in [4.69, 9.17) is 5.26 Å². The number of tetrazole rings is 1. The Morgan fingerprint density at radius 2 is 2.39 bits per heavy atom. The van der Waals surface area contributed by atoms with Crippen LogP contribution in [0, 0.1) is 21.8 Å². The van der Waals surface area contributed by atoms with E-state index in [9.17, 15) is 0 Å². The number of aromatic nitrogens is 4. The van der Waals surface area contributed by atoms with Crippen LogP contribution in [-0.4, -0.2) is 20.6 Å². The number of allylic oxidation sites excluding steroid dienone is 1. The topological polar surface area (TPSA) is 90.3 Å². The van der Waals surface area contributed by atoms with Crippen LogP contribution in [0.15, 0.2) is 24.4 Å². The molecule has 0 aliphatic carbocycles. The van der Waals surface area contributed by atoms with Crippen molar-refractivity contribution in [2.24, 2.45) is 0 Å². The molecule has 0 amide bonds. The van der Waals surface area contributed by atoms with Crippen LogP contribution in [0.3, 0.4) is 0 Å². The number of aromatic amines is 1. The fourth-order valence-electron chi connectivity index (χ4n) is 1.26. The molecule has 0 saturated carbocycles. The number of rotatable bonds is 3. The minimum Gasteiger partial charge on any atom is -0.360 e. The second kappa shape index (κ2) is 5.59. The number of nitriles is 1. The summed E-state index contributed by atoms with van der Waals surface area (Å²) in [5, 5.41) is 25.3. The Bertz CT molecular complexity index is 611. The van der Waals surface area contributed by atoms with Crippen molar-refractivity contribution < 1.29 is 0 Å². The normalized spacial score (nSPS) is 11.1. The third kappa shape index (κ3) is 2.84. The van der Waals surface area contributed by atoms with Gasteiger partial charge in [-0.3, -0.25) is 0 Å². The van der Waals surface area contributed by atoms with Crippen molar-refractivity contribution in [1.29, 1.82) is 5.26 Å². The fourth-order valence-corrected chi connectivity index (χ4v) is 1.78. The Kier molecular flexibility index (Phi) is 3.88. The fraction of sp³-hybridized carbons (Fsp3) is 0.0909. The van der Waals surface area contributed by atoms with E-state index in [1.165, 1.54) is 5.56 Å². The van der Waals surface area contributed by atoms with Crippen molar-refractivity contribution in [2.75, 3.05) is 5.32 Å². The molecular weight excluding hydrogens is 343 g/mol. The van der Waals surface area contributed by atoms with Gasteiger partial charge in [0.1, 0.15) is 11.6 Å². The van der Waals surface area contributed by atoms with Gasteiger partial charge in [-0.25, -0.2) is 0 Å². The highest BCUT2D eigenvalue weighted by Gasteiger charge is 2.05. The number of hydrogen-bond acceptors (Lipinski definition) is 5. The Labute approximate surface area is 117 Å². The number of benzene rings is 1. The molecule has 6 nitrogen and oxygen atoms in total. The van der Waals surface area contributed by atoms with Crippen molar-refractivity contribution in [2.45, 2.75) is 6.92 Å². The molecule has 90 valence electrons. The number of halogens is 1. The Balaban J connectivity index is 2.19. The molecule has 0 radical (unpaired) electrons. The summed E-state index contributed by atoms with van der Waals surface area (Å²) in [5.41, 5.74) is 2.43. The van der Waals surface area contributed by atoms with Gasteiger partial charge in [-0.05, 0) is 52.4 Å². The summed E-state index contributed by atoms with van der Waals surface area (Å²) in [6.07, 6.45) is 1.56. The number of aryl methyl sites for hydroxylation is 1. The second-order valence-electron chi connectivity index (χ2n) is 3.51. The lowest BCUT2D eigenvalue weighted by Gasteiger charge is -2.03. The van der Waals surface area contributed by atoms with Crippen LogP contribution in [0.4, 0.5) is 5.69 Å². The standard InChI is InChI=1S/C11H9IN6/c1-7-2-3-9(4-10(7)12)14-6-8(5-13)11-15-17-18-16-11/h2-4,6,14H,1H3,(H,15,16,17,18). The van der Waals surface area contributed by atoms with Crippen molar-refractivity contribution >= 4 is 33.9 Å². The van der Waals surface area contributed by atoms with E-state index in [1.54, 1.807) is 6.20 Å². The molecule has 0 atom stereocenters. The Hall–Kier alpha value is -1.95. The van der Waals surface area contributed by atoms with Crippen molar-refractivity contribution in [3.8, 4) is 6.07 Å². The van der Waals surface area contributed by atoms with Crippen molar-refractivity contribution in [3.05, 3.63) is 39.4 Å². The Morgan fingerprint density at radius 3 is 3.00 bits per heavy atom. The minimum absolute atomic E-state index is 0.270. The second-order valence-corrected chi connectivity index (χ2v) is 4.68. The summed E-state index contributed by atoms with van der Waals surface area (Å²) in [5.74, 6) is 0.270. The lowest BCUT2D eigenvalue weighted by Crippen LogP contribution is -1.94. The predicted molar refractivity (Wildman–Crippen MR) is 75.3 cm³/mol. The molecular formula is C11H9IN6. The molecule has 0 spiro atoms. The minimum atomic E-state index is 0.270. The number of nitrogens with one attached hydrogen (secondary N) is 2. The van der Waals surface area contributed by atoms with Gasteiger partial charge in [0.15, 0.2) is 0 Å².